The number of hydrogen-bond donors (Lipinski definition) is 2. The molecule has 3 nitrogen and oxygen atoms in total. The average molecular weight is 299 g/mol. The summed E-state index contributed by atoms with van der Waals surface area (Å²) in [6.07, 6.45) is 7.95. The smallest absolute Gasteiger partial charge is 0.0609 e. The van der Waals surface area contributed by atoms with Crippen LogP contribution in [0.4, 0.5) is 0 Å². The van der Waals surface area contributed by atoms with Crippen LogP contribution in [0.5, 0.6) is 0 Å². The quantitative estimate of drug-likeness (QED) is 0.686. The lowest BCUT2D eigenvalue weighted by atomic mass is 9.75. The Bertz CT molecular complexity index is 280. The minimum Gasteiger partial charge on any atom is -0.394 e. The van der Waals surface area contributed by atoms with Gasteiger partial charge in [-0.2, -0.15) is 0 Å². The molecule has 0 aromatic heterocycles. The van der Waals surface area contributed by atoms with Crippen molar-refractivity contribution >= 4 is 0 Å². The fourth-order valence-corrected chi connectivity index (χ4v) is 3.55. The molecule has 0 aliphatic heterocycles. The van der Waals surface area contributed by atoms with Crippen LogP contribution in [0.1, 0.15) is 66.2 Å². The molecule has 1 rings (SSSR count). The normalized spacial score (nSPS) is 27.3. The molecule has 0 amide bonds. The third kappa shape index (κ3) is 5.88. The molecular formula is C18H38N2O. The van der Waals surface area contributed by atoms with Crippen LogP contribution in [0.3, 0.4) is 0 Å². The van der Waals surface area contributed by atoms with Crippen LogP contribution >= 0.6 is 0 Å². The van der Waals surface area contributed by atoms with Crippen molar-refractivity contribution in [1.29, 1.82) is 0 Å². The van der Waals surface area contributed by atoms with Crippen LogP contribution in [-0.2, 0) is 0 Å². The van der Waals surface area contributed by atoms with Crippen LogP contribution < -0.4 is 5.32 Å². The number of aliphatic hydroxyl groups is 1. The summed E-state index contributed by atoms with van der Waals surface area (Å²) in [4.78, 5) is 2.35. The molecule has 21 heavy (non-hydrogen) atoms. The van der Waals surface area contributed by atoms with Gasteiger partial charge in [0.05, 0.1) is 6.61 Å². The Morgan fingerprint density at radius 1 is 1.19 bits per heavy atom. The van der Waals surface area contributed by atoms with Gasteiger partial charge in [0.15, 0.2) is 0 Å². The van der Waals surface area contributed by atoms with E-state index in [1.54, 1.807) is 0 Å². The zero-order valence-electron chi connectivity index (χ0n) is 15.0. The monoisotopic (exact) mass is 298 g/mol. The molecule has 3 atom stereocenters. The molecule has 0 spiro atoms. The first-order valence-corrected chi connectivity index (χ1v) is 9.00. The Balaban J connectivity index is 2.64. The highest BCUT2D eigenvalue weighted by Gasteiger charge is 2.33. The van der Waals surface area contributed by atoms with Crippen LogP contribution in [0.15, 0.2) is 0 Å². The number of hydrogen-bond acceptors (Lipinski definition) is 3. The van der Waals surface area contributed by atoms with Crippen molar-refractivity contribution in [2.45, 2.75) is 77.8 Å². The van der Waals surface area contributed by atoms with E-state index in [1.165, 1.54) is 38.5 Å². The Hall–Kier alpha value is -0.120. The Labute approximate surface area is 132 Å². The minimum absolute atomic E-state index is 0.118. The maximum atomic E-state index is 9.58. The SMILES string of the molecule is CCCNC1CCC(CCC)CC1CN(C)C(C)(C)CO. The minimum atomic E-state index is -0.118. The molecule has 3 heteroatoms. The van der Waals surface area contributed by atoms with Crippen LogP contribution in [-0.4, -0.2) is 48.3 Å². The van der Waals surface area contributed by atoms with E-state index in [-0.39, 0.29) is 12.1 Å². The molecule has 1 aliphatic carbocycles. The van der Waals surface area contributed by atoms with Crippen molar-refractivity contribution in [3.05, 3.63) is 0 Å². The first kappa shape index (κ1) is 18.9. The van der Waals surface area contributed by atoms with E-state index in [1.807, 2.05) is 0 Å². The van der Waals surface area contributed by atoms with Crippen LogP contribution in [0.25, 0.3) is 0 Å². The molecular weight excluding hydrogens is 260 g/mol. The van der Waals surface area contributed by atoms with E-state index < -0.39 is 0 Å². The van der Waals surface area contributed by atoms with Gasteiger partial charge in [-0.25, -0.2) is 0 Å². The lowest BCUT2D eigenvalue weighted by molar-refractivity contribution is 0.0472. The van der Waals surface area contributed by atoms with Crippen molar-refractivity contribution in [2.75, 3.05) is 26.7 Å². The van der Waals surface area contributed by atoms with E-state index in [9.17, 15) is 5.11 Å². The van der Waals surface area contributed by atoms with Gasteiger partial charge in [0, 0.05) is 18.1 Å². The summed E-state index contributed by atoms with van der Waals surface area (Å²) in [5, 5.41) is 13.3. The van der Waals surface area contributed by atoms with Crippen molar-refractivity contribution in [1.82, 2.24) is 10.2 Å². The molecule has 126 valence electrons. The van der Waals surface area contributed by atoms with Crippen molar-refractivity contribution < 1.29 is 5.11 Å². The van der Waals surface area contributed by atoms with Gasteiger partial charge < -0.3 is 10.4 Å². The largest absolute Gasteiger partial charge is 0.394 e. The van der Waals surface area contributed by atoms with Gasteiger partial charge in [-0.1, -0.05) is 26.7 Å². The van der Waals surface area contributed by atoms with Gasteiger partial charge in [0.1, 0.15) is 0 Å². The van der Waals surface area contributed by atoms with Gasteiger partial charge >= 0.3 is 0 Å². The van der Waals surface area contributed by atoms with E-state index >= 15 is 0 Å². The highest BCUT2D eigenvalue weighted by molar-refractivity contribution is 4.89. The molecule has 0 aromatic rings. The molecule has 0 heterocycles. The fourth-order valence-electron chi connectivity index (χ4n) is 3.55. The highest BCUT2D eigenvalue weighted by atomic mass is 16.3. The van der Waals surface area contributed by atoms with E-state index in [0.29, 0.717) is 6.04 Å². The molecule has 0 saturated heterocycles. The van der Waals surface area contributed by atoms with Crippen molar-refractivity contribution in [2.24, 2.45) is 11.8 Å². The number of aliphatic hydroxyl groups excluding tert-OH is 1. The summed E-state index contributed by atoms with van der Waals surface area (Å²) in [5.74, 6) is 1.63. The summed E-state index contributed by atoms with van der Waals surface area (Å²) in [5.41, 5.74) is -0.118. The maximum Gasteiger partial charge on any atom is 0.0609 e. The van der Waals surface area contributed by atoms with Crippen LogP contribution in [0.2, 0.25) is 0 Å². The van der Waals surface area contributed by atoms with Gasteiger partial charge in [-0.15, -0.1) is 0 Å². The van der Waals surface area contributed by atoms with Gasteiger partial charge in [-0.05, 0) is 65.0 Å². The Kier molecular flexibility index (Phi) is 8.22. The summed E-state index contributed by atoms with van der Waals surface area (Å²) < 4.78 is 0. The Morgan fingerprint density at radius 2 is 1.90 bits per heavy atom. The number of rotatable bonds is 9. The second kappa shape index (κ2) is 9.12. The van der Waals surface area contributed by atoms with E-state index in [4.69, 9.17) is 0 Å². The number of nitrogens with zero attached hydrogens (tertiary/aromatic N) is 1. The molecule has 2 N–H and O–H groups in total. The molecule has 1 saturated carbocycles. The standard InChI is InChI=1S/C18H38N2O/c1-6-8-15-9-10-17(19-11-7-2)16(12-15)13-20(5)18(3,4)14-21/h15-17,19,21H,6-14H2,1-5H3. The molecule has 0 aromatic carbocycles. The maximum absolute atomic E-state index is 9.58. The lowest BCUT2D eigenvalue weighted by Gasteiger charge is -2.42. The predicted molar refractivity (Wildman–Crippen MR) is 91.6 cm³/mol. The third-order valence-electron chi connectivity index (χ3n) is 5.37. The van der Waals surface area contributed by atoms with Crippen molar-refractivity contribution in [3.63, 3.8) is 0 Å². The van der Waals surface area contributed by atoms with E-state index in [0.717, 1.165) is 24.9 Å². The second-order valence-electron chi connectivity index (χ2n) is 7.64. The van der Waals surface area contributed by atoms with Gasteiger partial charge in [0.25, 0.3) is 0 Å². The van der Waals surface area contributed by atoms with Gasteiger partial charge in [-0.3, -0.25) is 4.90 Å². The highest BCUT2D eigenvalue weighted by Crippen LogP contribution is 2.33. The molecule has 0 bridgehead atoms. The molecule has 1 fully saturated rings. The molecule has 1 aliphatic rings. The molecule has 3 unspecified atom stereocenters. The predicted octanol–water partition coefficient (Wildman–Crippen LogP) is 3.27. The topological polar surface area (TPSA) is 35.5 Å². The summed E-state index contributed by atoms with van der Waals surface area (Å²) in [6.45, 7) is 11.3. The zero-order valence-corrected chi connectivity index (χ0v) is 15.0. The summed E-state index contributed by atoms with van der Waals surface area (Å²) >= 11 is 0. The number of likely N-dealkylation sites (N-methyl/N-ethyl adjacent to an activating group) is 1. The second-order valence-corrected chi connectivity index (χ2v) is 7.64. The first-order chi connectivity index (χ1) is 9.94. The Morgan fingerprint density at radius 3 is 2.48 bits per heavy atom. The fraction of sp³-hybridized carbons (Fsp3) is 1.00. The van der Waals surface area contributed by atoms with Crippen LogP contribution in [0, 0.1) is 11.8 Å². The molecule has 0 radical (unpaired) electrons. The summed E-state index contributed by atoms with van der Waals surface area (Å²) in [7, 11) is 2.16. The van der Waals surface area contributed by atoms with Gasteiger partial charge in [0.2, 0.25) is 0 Å². The van der Waals surface area contributed by atoms with E-state index in [2.05, 4.69) is 45.0 Å². The van der Waals surface area contributed by atoms with Crippen molar-refractivity contribution in [3.8, 4) is 0 Å². The number of nitrogens with one attached hydrogen (secondary N) is 1. The average Bonchev–Trinajstić information content (AvgIpc) is 2.46. The zero-order chi connectivity index (χ0) is 15.9. The lowest BCUT2D eigenvalue weighted by Crippen LogP contribution is -2.51. The first-order valence-electron chi connectivity index (χ1n) is 9.00. The third-order valence-corrected chi connectivity index (χ3v) is 5.37. The summed E-state index contributed by atoms with van der Waals surface area (Å²) in [6, 6.07) is 0.662.